The molecule has 0 spiro atoms. The highest BCUT2D eigenvalue weighted by Crippen LogP contribution is 2.44. The van der Waals surface area contributed by atoms with E-state index in [4.69, 9.17) is 15.6 Å². The first kappa shape index (κ1) is 31.0. The monoisotopic (exact) mass is 550 g/mol. The van der Waals surface area contributed by atoms with Gasteiger partial charge in [0.25, 0.3) is 0 Å². The van der Waals surface area contributed by atoms with Crippen LogP contribution in [0.15, 0.2) is 48.5 Å². The predicted molar refractivity (Wildman–Crippen MR) is 154 cm³/mol. The van der Waals surface area contributed by atoms with Crippen molar-refractivity contribution in [2.75, 3.05) is 13.2 Å². The Balaban J connectivity index is 1.60. The third-order valence-corrected chi connectivity index (χ3v) is 7.62. The number of hydrogen-bond donors (Lipinski definition) is 3. The second kappa shape index (κ2) is 15.3. The Bertz CT molecular complexity index is 1130. The lowest BCUT2D eigenvalue weighted by molar-refractivity contribution is -0.148. The lowest BCUT2D eigenvalue weighted by atomic mass is 9.90. The summed E-state index contributed by atoms with van der Waals surface area (Å²) in [6.07, 6.45) is 2.83. The van der Waals surface area contributed by atoms with Gasteiger partial charge in [-0.15, -0.1) is 0 Å². The SMILES string of the molecule is CC(C)[C@H](CC(=O)OCC1c2ccccc2-c2ccccc21)C(=O)N[C@@H](CCCCN)C(=O)CCCCC(=O)O. The molecule has 40 heavy (non-hydrogen) atoms. The molecule has 0 aromatic heterocycles. The number of unbranched alkanes of at least 4 members (excludes halogenated alkanes) is 2. The number of nitrogens with one attached hydrogen (secondary N) is 1. The van der Waals surface area contributed by atoms with Gasteiger partial charge in [-0.3, -0.25) is 19.2 Å². The topological polar surface area (TPSA) is 136 Å². The molecule has 0 aliphatic heterocycles. The van der Waals surface area contributed by atoms with E-state index in [1.165, 1.54) is 0 Å². The van der Waals surface area contributed by atoms with Gasteiger partial charge in [0.2, 0.25) is 5.91 Å². The molecule has 8 nitrogen and oxygen atoms in total. The number of carbonyl (C=O) groups excluding carboxylic acids is 3. The molecule has 1 aliphatic rings. The Morgan fingerprint density at radius 3 is 2.08 bits per heavy atom. The Morgan fingerprint density at radius 1 is 0.900 bits per heavy atom. The molecular weight excluding hydrogens is 508 g/mol. The zero-order valence-corrected chi connectivity index (χ0v) is 23.6. The summed E-state index contributed by atoms with van der Waals surface area (Å²) in [6.45, 7) is 4.43. The average molecular weight is 551 g/mol. The second-order valence-corrected chi connectivity index (χ2v) is 10.9. The van der Waals surface area contributed by atoms with Gasteiger partial charge in [-0.25, -0.2) is 0 Å². The number of fused-ring (bicyclic) bond motifs is 3. The van der Waals surface area contributed by atoms with Crippen LogP contribution in [0.1, 0.15) is 82.3 Å². The van der Waals surface area contributed by atoms with E-state index in [1.54, 1.807) is 0 Å². The number of ether oxygens (including phenoxy) is 1. The Labute approximate surface area is 236 Å². The number of nitrogens with two attached hydrogens (primary N) is 1. The first-order valence-corrected chi connectivity index (χ1v) is 14.3. The summed E-state index contributed by atoms with van der Waals surface area (Å²) >= 11 is 0. The lowest BCUT2D eigenvalue weighted by Gasteiger charge is -2.24. The van der Waals surface area contributed by atoms with Crippen LogP contribution in [-0.4, -0.2) is 47.9 Å². The quantitative estimate of drug-likeness (QED) is 0.190. The number of ketones is 1. The molecular formula is C32H42N2O6. The fraction of sp³-hybridized carbons (Fsp3) is 0.500. The molecule has 0 heterocycles. The molecule has 0 radical (unpaired) electrons. The van der Waals surface area contributed by atoms with Crippen molar-refractivity contribution in [1.82, 2.24) is 5.32 Å². The van der Waals surface area contributed by atoms with Crippen molar-refractivity contribution in [3.63, 3.8) is 0 Å². The third kappa shape index (κ3) is 8.49. The van der Waals surface area contributed by atoms with E-state index in [0.29, 0.717) is 32.2 Å². The number of carbonyl (C=O) groups is 4. The highest BCUT2D eigenvalue weighted by atomic mass is 16.5. The van der Waals surface area contributed by atoms with E-state index >= 15 is 0 Å². The van der Waals surface area contributed by atoms with Gasteiger partial charge in [0.05, 0.1) is 18.4 Å². The van der Waals surface area contributed by atoms with Gasteiger partial charge in [0.15, 0.2) is 5.78 Å². The molecule has 0 unspecified atom stereocenters. The fourth-order valence-corrected chi connectivity index (χ4v) is 5.32. The summed E-state index contributed by atoms with van der Waals surface area (Å²) in [5, 5.41) is 11.7. The summed E-state index contributed by atoms with van der Waals surface area (Å²) in [4.78, 5) is 49.9. The first-order valence-electron chi connectivity index (χ1n) is 14.3. The molecule has 3 rings (SSSR count). The van der Waals surface area contributed by atoms with Gasteiger partial charge in [0.1, 0.15) is 6.61 Å². The minimum Gasteiger partial charge on any atom is -0.481 e. The molecule has 1 amide bonds. The molecule has 4 N–H and O–H groups in total. The maximum atomic E-state index is 13.3. The van der Waals surface area contributed by atoms with Gasteiger partial charge in [-0.2, -0.15) is 0 Å². The minimum atomic E-state index is -0.895. The number of amides is 1. The zero-order valence-electron chi connectivity index (χ0n) is 23.6. The van der Waals surface area contributed by atoms with Crippen LogP contribution in [0.5, 0.6) is 0 Å². The molecule has 216 valence electrons. The van der Waals surface area contributed by atoms with Crippen molar-refractivity contribution in [2.45, 2.75) is 77.2 Å². The number of esters is 1. The predicted octanol–water partition coefficient (Wildman–Crippen LogP) is 4.83. The smallest absolute Gasteiger partial charge is 0.306 e. The summed E-state index contributed by atoms with van der Waals surface area (Å²) in [5.41, 5.74) is 10.1. The molecule has 0 saturated heterocycles. The maximum Gasteiger partial charge on any atom is 0.306 e. The fourth-order valence-electron chi connectivity index (χ4n) is 5.32. The molecule has 2 aromatic carbocycles. The van der Waals surface area contributed by atoms with E-state index in [0.717, 1.165) is 28.7 Å². The van der Waals surface area contributed by atoms with Gasteiger partial charge < -0.3 is 20.9 Å². The largest absolute Gasteiger partial charge is 0.481 e. The average Bonchev–Trinajstić information content (AvgIpc) is 3.25. The van der Waals surface area contributed by atoms with Crippen LogP contribution in [0.4, 0.5) is 0 Å². The van der Waals surface area contributed by atoms with Crippen LogP contribution >= 0.6 is 0 Å². The van der Waals surface area contributed by atoms with Crippen molar-refractivity contribution in [2.24, 2.45) is 17.6 Å². The molecule has 0 saturated carbocycles. The van der Waals surface area contributed by atoms with E-state index in [1.807, 2.05) is 38.1 Å². The molecule has 2 atom stereocenters. The Hall–Kier alpha value is -3.52. The van der Waals surface area contributed by atoms with Crippen LogP contribution in [0.3, 0.4) is 0 Å². The van der Waals surface area contributed by atoms with Crippen molar-refractivity contribution in [3.05, 3.63) is 59.7 Å². The van der Waals surface area contributed by atoms with Crippen molar-refractivity contribution in [1.29, 1.82) is 0 Å². The standard InChI is InChI=1S/C32H42N2O6/c1-21(2)26(32(39)34-28(15-9-10-18-33)29(35)16-7-8-17-30(36)37)19-31(38)40-20-27-24-13-5-3-11-22(24)23-12-4-6-14-25(23)27/h3-6,11-14,21,26-28H,7-10,15-20,33H2,1-2H3,(H,34,39)(H,36,37)/t26-,28-/m0/s1. The Kier molecular flexibility index (Phi) is 11.9. The van der Waals surface area contributed by atoms with Crippen LogP contribution in [0.25, 0.3) is 11.1 Å². The highest BCUT2D eigenvalue weighted by Gasteiger charge is 2.32. The second-order valence-electron chi connectivity index (χ2n) is 10.9. The Morgan fingerprint density at radius 2 is 1.50 bits per heavy atom. The highest BCUT2D eigenvalue weighted by molar-refractivity contribution is 5.91. The van der Waals surface area contributed by atoms with E-state index in [2.05, 4.69) is 29.6 Å². The van der Waals surface area contributed by atoms with Crippen LogP contribution in [0, 0.1) is 11.8 Å². The summed E-state index contributed by atoms with van der Waals surface area (Å²) in [5.74, 6) is -2.67. The number of carboxylic acids is 1. The normalized spacial score (nSPS) is 13.8. The molecule has 0 fully saturated rings. The molecule has 2 aromatic rings. The van der Waals surface area contributed by atoms with Crippen molar-refractivity contribution in [3.8, 4) is 11.1 Å². The van der Waals surface area contributed by atoms with Crippen LogP contribution in [-0.2, 0) is 23.9 Å². The van der Waals surface area contributed by atoms with Crippen LogP contribution in [0.2, 0.25) is 0 Å². The minimum absolute atomic E-state index is 0.00699. The maximum absolute atomic E-state index is 13.3. The van der Waals surface area contributed by atoms with Crippen molar-refractivity contribution < 1.29 is 29.0 Å². The van der Waals surface area contributed by atoms with Gasteiger partial charge in [0, 0.05) is 18.8 Å². The number of carboxylic acid groups (broad SMARTS) is 1. The molecule has 8 heteroatoms. The van der Waals surface area contributed by atoms with E-state index in [-0.39, 0.29) is 49.4 Å². The summed E-state index contributed by atoms with van der Waals surface area (Å²) in [7, 11) is 0. The number of benzene rings is 2. The summed E-state index contributed by atoms with van der Waals surface area (Å²) < 4.78 is 5.74. The number of rotatable bonds is 17. The number of aliphatic carboxylic acids is 1. The molecule has 1 aliphatic carbocycles. The van der Waals surface area contributed by atoms with E-state index < -0.39 is 23.9 Å². The van der Waals surface area contributed by atoms with Crippen molar-refractivity contribution >= 4 is 23.6 Å². The number of hydrogen-bond acceptors (Lipinski definition) is 6. The van der Waals surface area contributed by atoms with Gasteiger partial charge in [-0.05, 0) is 66.8 Å². The van der Waals surface area contributed by atoms with E-state index in [9.17, 15) is 19.2 Å². The number of Topliss-reactive ketones (excluding diaryl/α,β-unsaturated/α-hetero) is 1. The lowest BCUT2D eigenvalue weighted by Crippen LogP contribution is -2.45. The van der Waals surface area contributed by atoms with Gasteiger partial charge in [-0.1, -0.05) is 62.4 Å². The summed E-state index contributed by atoms with van der Waals surface area (Å²) in [6, 6.07) is 15.5. The molecule has 0 bridgehead atoms. The first-order chi connectivity index (χ1) is 19.2. The van der Waals surface area contributed by atoms with Crippen LogP contribution < -0.4 is 11.1 Å². The van der Waals surface area contributed by atoms with Gasteiger partial charge >= 0.3 is 11.9 Å². The zero-order chi connectivity index (χ0) is 29.1. The third-order valence-electron chi connectivity index (χ3n) is 7.62.